The second kappa shape index (κ2) is 8.71. The third-order valence-corrected chi connectivity index (χ3v) is 4.87. The number of carbonyl (C=O) groups excluding carboxylic acids is 2. The summed E-state index contributed by atoms with van der Waals surface area (Å²) in [6.07, 6.45) is 3.11. The van der Waals surface area contributed by atoms with Crippen LogP contribution < -0.4 is 10.5 Å². The normalized spacial score (nSPS) is 16.7. The fraction of sp³-hybridized carbons (Fsp3) is 0.579. The molecule has 1 unspecified atom stereocenters. The molecule has 132 valence electrons. The molecule has 0 saturated carbocycles. The van der Waals surface area contributed by atoms with Gasteiger partial charge in [0.05, 0.1) is 0 Å². The van der Waals surface area contributed by atoms with Gasteiger partial charge in [0.25, 0.3) is 5.91 Å². The number of nitrogens with two attached hydrogens (primary N) is 1. The minimum atomic E-state index is -0.259. The standard InChI is InChI=1S/C19H28N2O3/c1-3-14(2)16-6-4-5-7-17(16)24-13-19(23)21-10-8-15(9-11-21)12-18(20)22/h4-7,14-15H,3,8-13H2,1-2H3,(H2,20,22). The fourth-order valence-electron chi connectivity index (χ4n) is 3.14. The number of nitrogens with zero attached hydrogens (tertiary/aromatic N) is 1. The molecule has 0 radical (unpaired) electrons. The summed E-state index contributed by atoms with van der Waals surface area (Å²) >= 11 is 0. The molecule has 0 spiro atoms. The van der Waals surface area contributed by atoms with Crippen LogP contribution in [-0.2, 0) is 9.59 Å². The Morgan fingerprint density at radius 3 is 2.58 bits per heavy atom. The summed E-state index contributed by atoms with van der Waals surface area (Å²) in [4.78, 5) is 25.2. The number of primary amides is 1. The maximum Gasteiger partial charge on any atom is 0.260 e. The van der Waals surface area contributed by atoms with Gasteiger partial charge in [-0.05, 0) is 42.7 Å². The van der Waals surface area contributed by atoms with E-state index in [0.29, 0.717) is 31.3 Å². The molecular weight excluding hydrogens is 304 g/mol. The van der Waals surface area contributed by atoms with E-state index in [-0.39, 0.29) is 18.4 Å². The van der Waals surface area contributed by atoms with Crippen molar-refractivity contribution in [3.8, 4) is 5.75 Å². The largest absolute Gasteiger partial charge is 0.483 e. The van der Waals surface area contributed by atoms with Gasteiger partial charge in [-0.2, -0.15) is 0 Å². The maximum absolute atomic E-state index is 12.4. The van der Waals surface area contributed by atoms with Gasteiger partial charge >= 0.3 is 0 Å². The number of benzene rings is 1. The first-order valence-electron chi connectivity index (χ1n) is 8.79. The molecule has 1 aromatic carbocycles. The summed E-state index contributed by atoms with van der Waals surface area (Å²) in [6, 6.07) is 7.91. The first-order valence-corrected chi connectivity index (χ1v) is 8.79. The van der Waals surface area contributed by atoms with Crippen molar-refractivity contribution >= 4 is 11.8 Å². The van der Waals surface area contributed by atoms with Crippen molar-refractivity contribution in [1.82, 2.24) is 4.90 Å². The summed E-state index contributed by atoms with van der Waals surface area (Å²) in [5.41, 5.74) is 6.39. The van der Waals surface area contributed by atoms with Crippen LogP contribution in [0.15, 0.2) is 24.3 Å². The molecule has 1 atom stereocenters. The van der Waals surface area contributed by atoms with E-state index in [1.165, 1.54) is 0 Å². The summed E-state index contributed by atoms with van der Waals surface area (Å²) in [5.74, 6) is 1.25. The van der Waals surface area contributed by atoms with Crippen LogP contribution in [0.5, 0.6) is 5.75 Å². The smallest absolute Gasteiger partial charge is 0.260 e. The minimum absolute atomic E-state index is 0.00600. The Morgan fingerprint density at radius 1 is 1.29 bits per heavy atom. The molecule has 2 N–H and O–H groups in total. The highest BCUT2D eigenvalue weighted by Crippen LogP contribution is 2.28. The van der Waals surface area contributed by atoms with Crippen molar-refractivity contribution in [1.29, 1.82) is 0 Å². The fourth-order valence-corrected chi connectivity index (χ4v) is 3.14. The summed E-state index contributed by atoms with van der Waals surface area (Å²) in [7, 11) is 0. The topological polar surface area (TPSA) is 72.6 Å². The van der Waals surface area contributed by atoms with Gasteiger partial charge in [-0.3, -0.25) is 9.59 Å². The zero-order chi connectivity index (χ0) is 17.5. The minimum Gasteiger partial charge on any atom is -0.483 e. The predicted octanol–water partition coefficient (Wildman–Crippen LogP) is 2.69. The van der Waals surface area contributed by atoms with Crippen molar-refractivity contribution in [2.24, 2.45) is 11.7 Å². The van der Waals surface area contributed by atoms with Crippen LogP contribution in [0.3, 0.4) is 0 Å². The van der Waals surface area contributed by atoms with E-state index in [1.807, 2.05) is 23.1 Å². The maximum atomic E-state index is 12.4. The van der Waals surface area contributed by atoms with Crippen LogP contribution in [0.1, 0.15) is 51.0 Å². The molecule has 1 aliphatic heterocycles. The number of para-hydroxylation sites is 1. The molecular formula is C19H28N2O3. The number of amides is 2. The lowest BCUT2D eigenvalue weighted by molar-refractivity contribution is -0.134. The second-order valence-corrected chi connectivity index (χ2v) is 6.63. The van der Waals surface area contributed by atoms with Crippen molar-refractivity contribution in [3.05, 3.63) is 29.8 Å². The van der Waals surface area contributed by atoms with E-state index in [9.17, 15) is 9.59 Å². The first-order chi connectivity index (χ1) is 11.5. The number of piperidine rings is 1. The van der Waals surface area contributed by atoms with Gasteiger partial charge in [0.1, 0.15) is 5.75 Å². The monoisotopic (exact) mass is 332 g/mol. The van der Waals surface area contributed by atoms with E-state index < -0.39 is 0 Å². The molecule has 1 aromatic rings. The van der Waals surface area contributed by atoms with E-state index in [1.54, 1.807) is 0 Å². The van der Waals surface area contributed by atoms with Crippen molar-refractivity contribution < 1.29 is 14.3 Å². The van der Waals surface area contributed by atoms with E-state index in [2.05, 4.69) is 19.9 Å². The van der Waals surface area contributed by atoms with Crippen LogP contribution >= 0.6 is 0 Å². The van der Waals surface area contributed by atoms with Crippen LogP contribution in [0.4, 0.5) is 0 Å². The Hall–Kier alpha value is -2.04. The Bertz CT molecular complexity index is 565. The summed E-state index contributed by atoms with van der Waals surface area (Å²) < 4.78 is 5.80. The molecule has 1 fully saturated rings. The van der Waals surface area contributed by atoms with Crippen LogP contribution in [0.25, 0.3) is 0 Å². The summed E-state index contributed by atoms with van der Waals surface area (Å²) in [5, 5.41) is 0. The Balaban J connectivity index is 1.85. The zero-order valence-corrected chi connectivity index (χ0v) is 14.7. The van der Waals surface area contributed by atoms with Gasteiger partial charge in [0.15, 0.2) is 6.61 Å². The molecule has 0 aliphatic carbocycles. The van der Waals surface area contributed by atoms with Gasteiger partial charge in [-0.15, -0.1) is 0 Å². The number of carbonyl (C=O) groups is 2. The highest BCUT2D eigenvalue weighted by molar-refractivity contribution is 5.78. The van der Waals surface area contributed by atoms with Gasteiger partial charge in [-0.25, -0.2) is 0 Å². The van der Waals surface area contributed by atoms with Gasteiger partial charge in [0.2, 0.25) is 5.91 Å². The lowest BCUT2D eigenvalue weighted by Gasteiger charge is -2.31. The van der Waals surface area contributed by atoms with Gasteiger partial charge < -0.3 is 15.4 Å². The highest BCUT2D eigenvalue weighted by atomic mass is 16.5. The van der Waals surface area contributed by atoms with E-state index in [4.69, 9.17) is 10.5 Å². The molecule has 0 bridgehead atoms. The third kappa shape index (κ3) is 4.98. The highest BCUT2D eigenvalue weighted by Gasteiger charge is 2.24. The summed E-state index contributed by atoms with van der Waals surface area (Å²) in [6.45, 7) is 5.71. The second-order valence-electron chi connectivity index (χ2n) is 6.63. The number of hydrogen-bond donors (Lipinski definition) is 1. The molecule has 5 heteroatoms. The Kier molecular flexibility index (Phi) is 6.64. The number of rotatable bonds is 7. The molecule has 0 aromatic heterocycles. The van der Waals surface area contributed by atoms with Crippen LogP contribution in [0.2, 0.25) is 0 Å². The Morgan fingerprint density at radius 2 is 1.96 bits per heavy atom. The van der Waals surface area contributed by atoms with Crippen molar-refractivity contribution in [3.63, 3.8) is 0 Å². The lowest BCUT2D eigenvalue weighted by Crippen LogP contribution is -2.41. The molecule has 24 heavy (non-hydrogen) atoms. The van der Waals surface area contributed by atoms with Crippen molar-refractivity contribution in [2.75, 3.05) is 19.7 Å². The van der Waals surface area contributed by atoms with Crippen LogP contribution in [-0.4, -0.2) is 36.4 Å². The molecule has 2 rings (SSSR count). The van der Waals surface area contributed by atoms with E-state index in [0.717, 1.165) is 30.6 Å². The zero-order valence-electron chi connectivity index (χ0n) is 14.7. The average Bonchev–Trinajstić information content (AvgIpc) is 2.59. The Labute approximate surface area is 144 Å². The van der Waals surface area contributed by atoms with E-state index >= 15 is 0 Å². The van der Waals surface area contributed by atoms with Crippen molar-refractivity contribution in [2.45, 2.75) is 45.4 Å². The molecule has 2 amide bonds. The SMILES string of the molecule is CCC(C)c1ccccc1OCC(=O)N1CCC(CC(N)=O)CC1. The molecule has 5 nitrogen and oxygen atoms in total. The predicted molar refractivity (Wildman–Crippen MR) is 93.8 cm³/mol. The average molecular weight is 332 g/mol. The number of likely N-dealkylation sites (tertiary alicyclic amines) is 1. The number of ether oxygens (including phenoxy) is 1. The quantitative estimate of drug-likeness (QED) is 0.834. The number of hydrogen-bond acceptors (Lipinski definition) is 3. The molecule has 1 aliphatic rings. The molecule has 1 saturated heterocycles. The molecule has 1 heterocycles. The van der Waals surface area contributed by atoms with Gasteiger partial charge in [0, 0.05) is 19.5 Å². The first kappa shape index (κ1) is 18.3. The third-order valence-electron chi connectivity index (χ3n) is 4.87. The van der Waals surface area contributed by atoms with Gasteiger partial charge in [-0.1, -0.05) is 32.0 Å². The van der Waals surface area contributed by atoms with Crippen LogP contribution in [0, 0.1) is 5.92 Å². The lowest BCUT2D eigenvalue weighted by atomic mass is 9.93.